The molecule has 1 rings (SSSR count). The molecule has 0 fully saturated rings. The molecule has 0 aliphatic carbocycles. The van der Waals surface area contributed by atoms with Crippen LogP contribution in [0.5, 0.6) is 0 Å². The highest BCUT2D eigenvalue weighted by atomic mass is 16.6. The fourth-order valence-electron chi connectivity index (χ4n) is 1.87. The molecule has 0 atom stereocenters. The topological polar surface area (TPSA) is 106 Å². The van der Waals surface area contributed by atoms with Gasteiger partial charge in [0.05, 0.1) is 13.0 Å². The van der Waals surface area contributed by atoms with Crippen LogP contribution in [0.4, 0.5) is 16.2 Å². The summed E-state index contributed by atoms with van der Waals surface area (Å²) in [4.78, 5) is 34.9. The molecular formula is C18H27N3O5. The number of benzene rings is 1. The van der Waals surface area contributed by atoms with E-state index in [0.717, 1.165) is 0 Å². The van der Waals surface area contributed by atoms with Gasteiger partial charge in [-0.15, -0.1) is 0 Å². The maximum absolute atomic E-state index is 11.9. The van der Waals surface area contributed by atoms with Gasteiger partial charge in [-0.25, -0.2) is 4.79 Å². The first kappa shape index (κ1) is 21.4. The number of methoxy groups -OCH3 is 1. The number of nitrogens with one attached hydrogen (secondary N) is 3. The zero-order valence-electron chi connectivity index (χ0n) is 15.7. The molecular weight excluding hydrogens is 338 g/mol. The van der Waals surface area contributed by atoms with Crippen molar-refractivity contribution < 1.29 is 23.9 Å². The smallest absolute Gasteiger partial charge is 0.407 e. The first-order chi connectivity index (χ1) is 12.2. The molecule has 1 aromatic carbocycles. The van der Waals surface area contributed by atoms with Crippen molar-refractivity contribution >= 4 is 29.3 Å². The van der Waals surface area contributed by atoms with Gasteiger partial charge in [0.2, 0.25) is 11.8 Å². The molecule has 8 heteroatoms. The predicted molar refractivity (Wildman–Crippen MR) is 99.0 cm³/mol. The molecule has 3 N–H and O–H groups in total. The Labute approximate surface area is 153 Å². The van der Waals surface area contributed by atoms with Gasteiger partial charge in [-0.2, -0.15) is 0 Å². The minimum Gasteiger partial charge on any atom is -0.444 e. The van der Waals surface area contributed by atoms with Crippen molar-refractivity contribution in [3.63, 3.8) is 0 Å². The highest BCUT2D eigenvalue weighted by Gasteiger charge is 2.15. The van der Waals surface area contributed by atoms with Crippen LogP contribution in [-0.4, -0.2) is 43.8 Å². The third kappa shape index (κ3) is 9.63. The van der Waals surface area contributed by atoms with E-state index in [9.17, 15) is 14.4 Å². The number of amides is 3. The predicted octanol–water partition coefficient (Wildman–Crippen LogP) is 2.51. The van der Waals surface area contributed by atoms with E-state index in [1.165, 1.54) is 7.11 Å². The van der Waals surface area contributed by atoms with Gasteiger partial charge >= 0.3 is 6.09 Å². The summed E-state index contributed by atoms with van der Waals surface area (Å²) in [5.41, 5.74) is 0.658. The summed E-state index contributed by atoms with van der Waals surface area (Å²) in [5.74, 6) is -0.380. The molecule has 0 unspecified atom stereocenters. The van der Waals surface area contributed by atoms with Crippen LogP contribution in [0.15, 0.2) is 24.3 Å². The Balaban J connectivity index is 2.34. The molecule has 26 heavy (non-hydrogen) atoms. The summed E-state index contributed by atoms with van der Waals surface area (Å²) in [6.07, 6.45) is -0.159. The average Bonchev–Trinajstić information content (AvgIpc) is 2.53. The zero-order valence-corrected chi connectivity index (χ0v) is 15.7. The van der Waals surface area contributed by atoms with Crippen LogP contribution in [0, 0.1) is 0 Å². The molecule has 0 spiro atoms. The van der Waals surface area contributed by atoms with E-state index >= 15 is 0 Å². The molecule has 1 aromatic rings. The van der Waals surface area contributed by atoms with E-state index in [1.807, 2.05) is 0 Å². The Morgan fingerprint density at radius 1 is 0.923 bits per heavy atom. The van der Waals surface area contributed by atoms with Crippen molar-refractivity contribution in [2.24, 2.45) is 0 Å². The standard InChI is InChI=1S/C18H27N3O5/c1-18(2,3)26-17(24)19-11-9-15(22)20-13-5-7-14(8-6-13)21-16(23)10-12-25-4/h5-8H,9-12H2,1-4H3,(H,19,24)(H,20,22)(H,21,23). The maximum atomic E-state index is 11.9. The number of alkyl carbamates (subject to hydrolysis) is 1. The van der Waals surface area contributed by atoms with Crippen molar-refractivity contribution in [3.05, 3.63) is 24.3 Å². The quantitative estimate of drug-likeness (QED) is 0.656. The lowest BCUT2D eigenvalue weighted by Crippen LogP contribution is -2.34. The number of ether oxygens (including phenoxy) is 2. The van der Waals surface area contributed by atoms with Crippen LogP contribution >= 0.6 is 0 Å². The fraction of sp³-hybridized carbons (Fsp3) is 0.500. The minimum absolute atomic E-state index is 0.120. The zero-order chi connectivity index (χ0) is 19.6. The second-order valence-electron chi connectivity index (χ2n) is 6.60. The SMILES string of the molecule is COCCC(=O)Nc1ccc(NC(=O)CCNC(=O)OC(C)(C)C)cc1. The molecule has 0 saturated heterocycles. The number of carbonyl (C=O) groups excluding carboxylic acids is 3. The van der Waals surface area contributed by atoms with Crippen molar-refractivity contribution in [2.75, 3.05) is 30.9 Å². The van der Waals surface area contributed by atoms with Gasteiger partial charge in [-0.05, 0) is 45.0 Å². The van der Waals surface area contributed by atoms with Gasteiger partial charge in [0, 0.05) is 31.5 Å². The number of carbonyl (C=O) groups is 3. The summed E-state index contributed by atoms with van der Waals surface area (Å²) in [6.45, 7) is 5.83. The maximum Gasteiger partial charge on any atom is 0.407 e. The van der Waals surface area contributed by atoms with Crippen LogP contribution in [-0.2, 0) is 19.1 Å². The first-order valence-electron chi connectivity index (χ1n) is 8.35. The molecule has 0 saturated carbocycles. The molecule has 8 nitrogen and oxygen atoms in total. The Morgan fingerprint density at radius 3 is 1.88 bits per heavy atom. The van der Waals surface area contributed by atoms with Crippen molar-refractivity contribution in [3.8, 4) is 0 Å². The monoisotopic (exact) mass is 365 g/mol. The van der Waals surface area contributed by atoms with Crippen molar-refractivity contribution in [1.82, 2.24) is 5.32 Å². The Morgan fingerprint density at radius 2 is 1.42 bits per heavy atom. The van der Waals surface area contributed by atoms with Crippen LogP contribution in [0.3, 0.4) is 0 Å². The molecule has 144 valence electrons. The number of anilines is 2. The Kier molecular flexibility index (Phi) is 8.57. The van der Waals surface area contributed by atoms with E-state index in [2.05, 4.69) is 16.0 Å². The summed E-state index contributed by atoms with van der Waals surface area (Å²) in [5, 5.41) is 7.97. The molecule has 0 aromatic heterocycles. The third-order valence-electron chi connectivity index (χ3n) is 3.01. The number of hydrogen-bond donors (Lipinski definition) is 3. The molecule has 3 amide bonds. The summed E-state index contributed by atoms with van der Waals surface area (Å²) in [7, 11) is 1.54. The summed E-state index contributed by atoms with van der Waals surface area (Å²) >= 11 is 0. The first-order valence-corrected chi connectivity index (χ1v) is 8.35. The Hall–Kier alpha value is -2.61. The normalized spacial score (nSPS) is 10.8. The van der Waals surface area contributed by atoms with Gasteiger partial charge < -0.3 is 25.4 Å². The highest BCUT2D eigenvalue weighted by Crippen LogP contribution is 2.14. The Bertz CT molecular complexity index is 608. The number of hydrogen-bond acceptors (Lipinski definition) is 5. The molecule has 0 radical (unpaired) electrons. The van der Waals surface area contributed by atoms with Gasteiger partial charge in [0.15, 0.2) is 0 Å². The minimum atomic E-state index is -0.576. The van der Waals surface area contributed by atoms with Gasteiger partial charge in [0.25, 0.3) is 0 Å². The van der Waals surface area contributed by atoms with E-state index in [1.54, 1.807) is 45.0 Å². The van der Waals surface area contributed by atoms with Gasteiger partial charge in [-0.3, -0.25) is 9.59 Å². The van der Waals surface area contributed by atoms with Crippen LogP contribution < -0.4 is 16.0 Å². The van der Waals surface area contributed by atoms with E-state index < -0.39 is 11.7 Å². The van der Waals surface area contributed by atoms with Crippen molar-refractivity contribution in [2.45, 2.75) is 39.2 Å². The van der Waals surface area contributed by atoms with E-state index in [4.69, 9.17) is 9.47 Å². The lowest BCUT2D eigenvalue weighted by atomic mass is 10.2. The average molecular weight is 365 g/mol. The lowest BCUT2D eigenvalue weighted by Gasteiger charge is -2.19. The second-order valence-corrected chi connectivity index (χ2v) is 6.60. The molecule has 0 aliphatic rings. The van der Waals surface area contributed by atoms with Crippen LogP contribution in [0.1, 0.15) is 33.6 Å². The third-order valence-corrected chi connectivity index (χ3v) is 3.01. The second kappa shape index (κ2) is 10.4. The van der Waals surface area contributed by atoms with Crippen LogP contribution in [0.2, 0.25) is 0 Å². The lowest BCUT2D eigenvalue weighted by molar-refractivity contribution is -0.117. The molecule has 0 heterocycles. The molecule has 0 aliphatic heterocycles. The summed E-state index contributed by atoms with van der Waals surface area (Å²) < 4.78 is 9.92. The van der Waals surface area contributed by atoms with Gasteiger partial charge in [0.1, 0.15) is 5.60 Å². The number of rotatable bonds is 8. The highest BCUT2D eigenvalue weighted by molar-refractivity contribution is 5.93. The van der Waals surface area contributed by atoms with Crippen LogP contribution in [0.25, 0.3) is 0 Å². The fourth-order valence-corrected chi connectivity index (χ4v) is 1.87. The van der Waals surface area contributed by atoms with Gasteiger partial charge in [-0.1, -0.05) is 0 Å². The molecule has 0 bridgehead atoms. The largest absolute Gasteiger partial charge is 0.444 e. The summed E-state index contributed by atoms with van der Waals surface area (Å²) in [6, 6.07) is 6.76. The van der Waals surface area contributed by atoms with E-state index in [-0.39, 0.29) is 31.2 Å². The van der Waals surface area contributed by atoms with Crippen molar-refractivity contribution in [1.29, 1.82) is 0 Å². The van der Waals surface area contributed by atoms with E-state index in [0.29, 0.717) is 18.0 Å².